The number of nitrogen functional groups attached to an aromatic ring is 1. The molecule has 2 aromatic rings. The normalized spacial score (nSPS) is 27.9. The summed E-state index contributed by atoms with van der Waals surface area (Å²) in [6.07, 6.45) is -5.46. The number of phosphoric acid groups is 1. The maximum Gasteiger partial charge on any atom is 0.469 e. The number of aliphatic hydroxyl groups is 2. The predicted molar refractivity (Wildman–Crippen MR) is 73.6 cm³/mol. The van der Waals surface area contributed by atoms with Gasteiger partial charge in [-0.25, -0.2) is 9.55 Å². The number of nitrogens with two attached hydrogens (primary N) is 1. The van der Waals surface area contributed by atoms with E-state index in [1.54, 1.807) is 0 Å². The van der Waals surface area contributed by atoms with Crippen molar-refractivity contribution in [3.05, 3.63) is 12.4 Å². The molecule has 0 saturated carbocycles. The van der Waals surface area contributed by atoms with E-state index in [1.807, 2.05) is 0 Å². The van der Waals surface area contributed by atoms with Crippen LogP contribution in [0.25, 0.3) is 11.2 Å². The molecule has 1 fully saturated rings. The van der Waals surface area contributed by atoms with Crippen molar-refractivity contribution in [2.45, 2.75) is 24.5 Å². The molecule has 0 amide bonds. The molecule has 0 spiro atoms. The molecule has 3 rings (SSSR count). The van der Waals surface area contributed by atoms with Crippen LogP contribution in [0.2, 0.25) is 0 Å². The number of aromatic nitrogens is 4. The molecule has 0 bridgehead atoms. The Morgan fingerprint density at radius 2 is 2.08 bits per heavy atom. The van der Waals surface area contributed by atoms with Crippen LogP contribution in [0.5, 0.6) is 0 Å². The van der Waals surface area contributed by atoms with Gasteiger partial charge in [0, 0.05) is 0 Å². The van der Waals surface area contributed by atoms with E-state index in [-0.39, 0.29) is 17.0 Å². The number of aliphatic hydroxyl groups excluding tert-OH is 2. The number of hydrogen-bond acceptors (Lipinski definition) is 9. The molecule has 0 aliphatic carbocycles. The Balaban J connectivity index is 1.89. The van der Waals surface area contributed by atoms with Crippen LogP contribution in [0.15, 0.2) is 6.33 Å². The van der Waals surface area contributed by atoms with Crippen LogP contribution in [-0.4, -0.2) is 64.4 Å². The summed E-state index contributed by atoms with van der Waals surface area (Å²) in [6, 6.07) is 0. The van der Waals surface area contributed by atoms with Gasteiger partial charge in [-0.05, 0) is 0 Å². The van der Waals surface area contributed by atoms with Gasteiger partial charge in [0.2, 0.25) is 0 Å². The van der Waals surface area contributed by atoms with Crippen molar-refractivity contribution in [1.29, 1.82) is 0 Å². The van der Waals surface area contributed by atoms with E-state index in [4.69, 9.17) is 20.3 Å². The van der Waals surface area contributed by atoms with Gasteiger partial charge in [-0.15, -0.1) is 0 Å². The Kier molecular flexibility index (Phi) is 4.25. The number of rotatable bonds is 4. The summed E-state index contributed by atoms with van der Waals surface area (Å²) < 4.78 is 34.8. The molecule has 4 atom stereocenters. The van der Waals surface area contributed by atoms with Crippen molar-refractivity contribution in [2.75, 3.05) is 12.3 Å². The van der Waals surface area contributed by atoms with Crippen molar-refractivity contribution in [3.63, 3.8) is 0 Å². The number of fused-ring (bicyclic) bond motifs is 1. The summed E-state index contributed by atoms with van der Waals surface area (Å²) in [7, 11) is -4.78. The fourth-order valence-corrected chi connectivity index (χ4v) is 2.71. The maximum absolute atomic E-state index is 13.3. The number of imidazole rings is 1. The largest absolute Gasteiger partial charge is 0.469 e. The Morgan fingerprint density at radius 3 is 2.75 bits per heavy atom. The lowest BCUT2D eigenvalue weighted by Crippen LogP contribution is -2.33. The van der Waals surface area contributed by atoms with Gasteiger partial charge in [0.15, 0.2) is 23.2 Å². The molecule has 132 valence electrons. The highest BCUT2D eigenvalue weighted by atomic mass is 31.2. The van der Waals surface area contributed by atoms with Crippen LogP contribution in [0.4, 0.5) is 10.2 Å². The van der Waals surface area contributed by atoms with Gasteiger partial charge in [0.25, 0.3) is 0 Å². The Hall–Kier alpha value is -1.73. The second-order valence-corrected chi connectivity index (χ2v) is 6.27. The SMILES string of the molecule is Nc1nc(F)nc2c1ncn2[C@@H]1O[C@H](COP(=O)(O)O)[C@H](O)[C@@H]1O. The summed E-state index contributed by atoms with van der Waals surface area (Å²) in [6.45, 7) is -0.670. The predicted octanol–water partition coefficient (Wildman–Crippen LogP) is -1.72. The Labute approximate surface area is 132 Å². The lowest BCUT2D eigenvalue weighted by molar-refractivity contribution is -0.0504. The molecule has 24 heavy (non-hydrogen) atoms. The first kappa shape index (κ1) is 17.1. The summed E-state index contributed by atoms with van der Waals surface area (Å²) in [5.74, 6) is -0.217. The number of halogens is 1. The number of phosphoric ester groups is 1. The van der Waals surface area contributed by atoms with Gasteiger partial charge >= 0.3 is 13.9 Å². The van der Waals surface area contributed by atoms with Gasteiger partial charge < -0.3 is 30.5 Å². The average molecular weight is 365 g/mol. The quantitative estimate of drug-likeness (QED) is 0.306. The van der Waals surface area contributed by atoms with E-state index >= 15 is 0 Å². The second-order valence-electron chi connectivity index (χ2n) is 5.03. The third-order valence-corrected chi connectivity index (χ3v) is 3.92. The fraction of sp³-hybridized carbons (Fsp3) is 0.500. The zero-order valence-electron chi connectivity index (χ0n) is 11.8. The molecular weight excluding hydrogens is 352 g/mol. The monoisotopic (exact) mass is 365 g/mol. The van der Waals surface area contributed by atoms with E-state index in [0.29, 0.717) is 0 Å². The van der Waals surface area contributed by atoms with Crippen molar-refractivity contribution in [3.8, 4) is 0 Å². The molecule has 6 N–H and O–H groups in total. The van der Waals surface area contributed by atoms with E-state index in [0.717, 1.165) is 10.9 Å². The van der Waals surface area contributed by atoms with Crippen LogP contribution in [0.1, 0.15) is 6.23 Å². The number of ether oxygens (including phenoxy) is 1. The zero-order valence-corrected chi connectivity index (χ0v) is 12.7. The van der Waals surface area contributed by atoms with Gasteiger partial charge in [-0.2, -0.15) is 14.4 Å². The molecule has 1 saturated heterocycles. The number of hydrogen-bond donors (Lipinski definition) is 5. The summed E-state index contributed by atoms with van der Waals surface area (Å²) in [5, 5.41) is 20.0. The molecule has 1 aliphatic rings. The average Bonchev–Trinajstić information content (AvgIpc) is 3.00. The highest BCUT2D eigenvalue weighted by molar-refractivity contribution is 7.46. The third-order valence-electron chi connectivity index (χ3n) is 3.44. The molecule has 3 heterocycles. The first-order chi connectivity index (χ1) is 11.2. The fourth-order valence-electron chi connectivity index (χ4n) is 2.36. The van der Waals surface area contributed by atoms with Crippen molar-refractivity contribution in [2.24, 2.45) is 0 Å². The second kappa shape index (κ2) is 5.97. The Bertz CT molecular complexity index is 812. The molecular formula is C10H13FN5O7P. The maximum atomic E-state index is 13.3. The van der Waals surface area contributed by atoms with Crippen molar-refractivity contribution in [1.82, 2.24) is 19.5 Å². The smallest absolute Gasteiger partial charge is 0.387 e. The minimum atomic E-state index is -4.78. The summed E-state index contributed by atoms with van der Waals surface area (Å²) >= 11 is 0. The van der Waals surface area contributed by atoms with Crippen LogP contribution in [0, 0.1) is 6.08 Å². The van der Waals surface area contributed by atoms with Gasteiger partial charge in [-0.1, -0.05) is 0 Å². The minimum absolute atomic E-state index is 0.0663. The first-order valence-corrected chi connectivity index (χ1v) is 8.07. The molecule has 1 aliphatic heterocycles. The van der Waals surface area contributed by atoms with E-state index in [9.17, 15) is 19.2 Å². The zero-order chi connectivity index (χ0) is 17.6. The molecule has 0 radical (unpaired) electrons. The van der Waals surface area contributed by atoms with Crippen LogP contribution >= 0.6 is 7.82 Å². The van der Waals surface area contributed by atoms with Crippen molar-refractivity contribution >= 4 is 24.8 Å². The standard InChI is InChI=1S/C10H13FN5O7P/c11-10-14-7(12)4-8(15-10)16(2-13-4)9-6(18)5(17)3(23-9)1-22-24(19,20)21/h2-3,5-6,9,17-18H,1H2,(H2,12,14,15)(H2,19,20,21)/t3-,5+,6+,9-/m1/s1. The van der Waals surface area contributed by atoms with Gasteiger partial charge in [0.05, 0.1) is 12.9 Å². The minimum Gasteiger partial charge on any atom is -0.387 e. The first-order valence-electron chi connectivity index (χ1n) is 6.54. The Morgan fingerprint density at radius 1 is 1.38 bits per heavy atom. The van der Waals surface area contributed by atoms with E-state index in [1.165, 1.54) is 0 Å². The third kappa shape index (κ3) is 3.10. The van der Waals surface area contributed by atoms with Gasteiger partial charge in [-0.3, -0.25) is 9.09 Å². The lowest BCUT2D eigenvalue weighted by Gasteiger charge is -2.16. The van der Waals surface area contributed by atoms with Crippen LogP contribution in [0.3, 0.4) is 0 Å². The topological polar surface area (TPSA) is 186 Å². The van der Waals surface area contributed by atoms with Crippen LogP contribution < -0.4 is 5.73 Å². The van der Waals surface area contributed by atoms with Crippen molar-refractivity contribution < 1.29 is 38.2 Å². The number of anilines is 1. The molecule has 0 aromatic carbocycles. The number of nitrogens with zero attached hydrogens (tertiary/aromatic N) is 4. The van der Waals surface area contributed by atoms with Gasteiger partial charge in [0.1, 0.15) is 18.3 Å². The summed E-state index contributed by atoms with van der Waals surface area (Å²) in [4.78, 5) is 28.1. The highest BCUT2D eigenvalue weighted by Crippen LogP contribution is 2.38. The summed E-state index contributed by atoms with van der Waals surface area (Å²) in [5.41, 5.74) is 5.52. The molecule has 0 unspecified atom stereocenters. The highest BCUT2D eigenvalue weighted by Gasteiger charge is 2.45. The van der Waals surface area contributed by atoms with E-state index in [2.05, 4.69) is 19.5 Å². The molecule has 2 aromatic heterocycles. The van der Waals surface area contributed by atoms with Crippen LogP contribution in [-0.2, 0) is 13.8 Å². The van der Waals surface area contributed by atoms with E-state index < -0.39 is 45.0 Å². The molecule has 12 nitrogen and oxygen atoms in total. The molecule has 14 heteroatoms. The lowest BCUT2D eigenvalue weighted by atomic mass is 10.1.